The molecule has 0 bridgehead atoms. The second kappa shape index (κ2) is 10.6. The quantitative estimate of drug-likeness (QED) is 0.243. The highest BCUT2D eigenvalue weighted by molar-refractivity contribution is 5.82. The van der Waals surface area contributed by atoms with Crippen molar-refractivity contribution < 1.29 is 0 Å². The van der Waals surface area contributed by atoms with Crippen molar-refractivity contribution in [1.29, 1.82) is 0 Å². The number of nitrogens with zero attached hydrogens (tertiary/aromatic N) is 5. The molecule has 0 saturated heterocycles. The standard InChI is InChI=1S/C37H43N5/c1-36(2,3)28-18-20-29(21-19-28)42(32-14-10-12-30(24-32)40-23-22-38(6)26-40)33-15-11-13-31(25-33)41-27-39(7)37(4,5)34-16-8-9-17-35(34)41/h8-25H,26-27H2,1-7H3. The van der Waals surface area contributed by atoms with Gasteiger partial charge >= 0.3 is 0 Å². The Morgan fingerprint density at radius 3 is 1.95 bits per heavy atom. The molecule has 0 atom stereocenters. The fourth-order valence-electron chi connectivity index (χ4n) is 5.98. The van der Waals surface area contributed by atoms with Gasteiger partial charge in [0.15, 0.2) is 0 Å². The summed E-state index contributed by atoms with van der Waals surface area (Å²) >= 11 is 0. The van der Waals surface area contributed by atoms with E-state index in [4.69, 9.17) is 0 Å². The van der Waals surface area contributed by atoms with Crippen molar-refractivity contribution in [1.82, 2.24) is 9.80 Å². The summed E-state index contributed by atoms with van der Waals surface area (Å²) in [4.78, 5) is 11.7. The lowest BCUT2D eigenvalue weighted by Gasteiger charge is -2.47. The first-order valence-corrected chi connectivity index (χ1v) is 14.9. The molecule has 0 aliphatic carbocycles. The van der Waals surface area contributed by atoms with E-state index in [2.05, 4.69) is 183 Å². The zero-order chi connectivity index (χ0) is 29.6. The Bertz CT molecular complexity index is 1600. The maximum atomic E-state index is 2.44. The largest absolute Gasteiger partial charge is 0.361 e. The zero-order valence-electron chi connectivity index (χ0n) is 26.0. The molecule has 42 heavy (non-hydrogen) atoms. The molecule has 2 heterocycles. The van der Waals surface area contributed by atoms with Crippen molar-refractivity contribution in [2.75, 3.05) is 42.1 Å². The Labute approximate surface area is 251 Å². The normalized spacial score (nSPS) is 16.6. The molecule has 5 heteroatoms. The lowest BCUT2D eigenvalue weighted by atomic mass is 9.87. The number of hydrogen-bond acceptors (Lipinski definition) is 5. The summed E-state index contributed by atoms with van der Waals surface area (Å²) < 4.78 is 0. The molecular formula is C37H43N5. The van der Waals surface area contributed by atoms with Crippen LogP contribution < -0.4 is 14.7 Å². The van der Waals surface area contributed by atoms with Crippen molar-refractivity contribution in [3.63, 3.8) is 0 Å². The van der Waals surface area contributed by atoms with Crippen LogP contribution in [0, 0.1) is 0 Å². The monoisotopic (exact) mass is 557 g/mol. The molecule has 4 aromatic carbocycles. The van der Waals surface area contributed by atoms with Crippen LogP contribution in [-0.2, 0) is 11.0 Å². The van der Waals surface area contributed by atoms with Crippen LogP contribution in [0.3, 0.4) is 0 Å². The van der Waals surface area contributed by atoms with E-state index in [1.807, 2.05) is 0 Å². The maximum Gasteiger partial charge on any atom is 0.0938 e. The SMILES string of the molecule is CN1C=CN(c2cccc(N(c3ccc(C(C)(C)C)cc3)c3cccc(N4CN(C)C(C)(C)c5ccccc54)c3)c2)C1. The summed E-state index contributed by atoms with van der Waals surface area (Å²) in [6.07, 6.45) is 4.27. The first-order chi connectivity index (χ1) is 20.0. The molecule has 0 spiro atoms. The molecule has 216 valence electrons. The fraction of sp³-hybridized carbons (Fsp3) is 0.297. The molecule has 6 rings (SSSR count). The van der Waals surface area contributed by atoms with Crippen molar-refractivity contribution in [3.8, 4) is 0 Å². The average molecular weight is 558 g/mol. The van der Waals surface area contributed by atoms with Gasteiger partial charge < -0.3 is 19.6 Å². The molecule has 0 aromatic heterocycles. The second-order valence-corrected chi connectivity index (χ2v) is 13.2. The van der Waals surface area contributed by atoms with Crippen LogP contribution in [0.4, 0.5) is 34.1 Å². The topological polar surface area (TPSA) is 16.2 Å². The summed E-state index contributed by atoms with van der Waals surface area (Å²) in [5, 5.41) is 0. The van der Waals surface area contributed by atoms with Crippen LogP contribution in [0.25, 0.3) is 0 Å². The maximum absolute atomic E-state index is 2.44. The summed E-state index contributed by atoms with van der Waals surface area (Å²) in [6.45, 7) is 13.1. The summed E-state index contributed by atoms with van der Waals surface area (Å²) in [5.41, 5.74) is 9.76. The minimum Gasteiger partial charge on any atom is -0.361 e. The van der Waals surface area contributed by atoms with Gasteiger partial charge in [-0.1, -0.05) is 63.2 Å². The van der Waals surface area contributed by atoms with Gasteiger partial charge in [-0.3, -0.25) is 4.90 Å². The number of fused-ring (bicyclic) bond motifs is 1. The Morgan fingerprint density at radius 1 is 0.667 bits per heavy atom. The Kier molecular flexibility index (Phi) is 7.02. The average Bonchev–Trinajstić information content (AvgIpc) is 3.42. The van der Waals surface area contributed by atoms with Crippen LogP contribution in [0.5, 0.6) is 0 Å². The molecule has 0 N–H and O–H groups in total. The highest BCUT2D eigenvalue weighted by atomic mass is 15.4. The third kappa shape index (κ3) is 5.14. The molecular weight excluding hydrogens is 514 g/mol. The molecule has 2 aliphatic rings. The van der Waals surface area contributed by atoms with Gasteiger partial charge in [-0.05, 0) is 92.0 Å². The third-order valence-electron chi connectivity index (χ3n) is 8.85. The van der Waals surface area contributed by atoms with E-state index in [-0.39, 0.29) is 11.0 Å². The van der Waals surface area contributed by atoms with E-state index >= 15 is 0 Å². The first kappa shape index (κ1) is 27.9. The molecule has 0 radical (unpaired) electrons. The Morgan fingerprint density at radius 2 is 1.31 bits per heavy atom. The lowest BCUT2D eigenvalue weighted by Crippen LogP contribution is -2.49. The molecule has 4 aromatic rings. The number of para-hydroxylation sites is 1. The molecule has 0 saturated carbocycles. The van der Waals surface area contributed by atoms with Gasteiger partial charge in [0.1, 0.15) is 0 Å². The summed E-state index contributed by atoms with van der Waals surface area (Å²) in [5.74, 6) is 0. The van der Waals surface area contributed by atoms with E-state index in [9.17, 15) is 0 Å². The Balaban J connectivity index is 1.45. The first-order valence-electron chi connectivity index (χ1n) is 14.9. The minimum absolute atomic E-state index is 0.0376. The van der Waals surface area contributed by atoms with Crippen LogP contribution in [0.15, 0.2) is 109 Å². The number of hydrogen-bond donors (Lipinski definition) is 0. The van der Waals surface area contributed by atoms with Crippen LogP contribution >= 0.6 is 0 Å². The van der Waals surface area contributed by atoms with E-state index in [1.54, 1.807) is 0 Å². The smallest absolute Gasteiger partial charge is 0.0938 e. The van der Waals surface area contributed by atoms with Gasteiger partial charge in [-0.2, -0.15) is 0 Å². The van der Waals surface area contributed by atoms with Crippen molar-refractivity contribution in [2.24, 2.45) is 0 Å². The molecule has 5 nitrogen and oxygen atoms in total. The molecule has 2 aliphatic heterocycles. The number of anilines is 6. The van der Waals surface area contributed by atoms with Gasteiger partial charge in [0.2, 0.25) is 0 Å². The number of rotatable bonds is 5. The molecule has 0 fully saturated rings. The molecule has 0 amide bonds. The van der Waals surface area contributed by atoms with Gasteiger partial charge in [0, 0.05) is 59.1 Å². The van der Waals surface area contributed by atoms with Crippen molar-refractivity contribution >= 4 is 34.1 Å². The second-order valence-electron chi connectivity index (χ2n) is 13.2. The Hall–Kier alpha value is -4.22. The fourth-order valence-corrected chi connectivity index (χ4v) is 5.98. The van der Waals surface area contributed by atoms with Gasteiger partial charge in [0.05, 0.1) is 13.3 Å². The van der Waals surface area contributed by atoms with Crippen LogP contribution in [-0.4, -0.2) is 37.2 Å². The number of benzene rings is 4. The van der Waals surface area contributed by atoms with Gasteiger partial charge in [-0.25, -0.2) is 0 Å². The van der Waals surface area contributed by atoms with Crippen LogP contribution in [0.2, 0.25) is 0 Å². The highest BCUT2D eigenvalue weighted by Crippen LogP contribution is 2.44. The highest BCUT2D eigenvalue weighted by Gasteiger charge is 2.35. The zero-order valence-corrected chi connectivity index (χ0v) is 26.0. The van der Waals surface area contributed by atoms with E-state index < -0.39 is 0 Å². The third-order valence-corrected chi connectivity index (χ3v) is 8.85. The summed E-state index contributed by atoms with van der Waals surface area (Å²) in [7, 11) is 4.32. The predicted molar refractivity (Wildman–Crippen MR) is 178 cm³/mol. The lowest BCUT2D eigenvalue weighted by molar-refractivity contribution is 0.150. The minimum atomic E-state index is -0.0376. The van der Waals surface area contributed by atoms with E-state index in [1.165, 1.54) is 28.2 Å². The van der Waals surface area contributed by atoms with Crippen LogP contribution in [0.1, 0.15) is 45.7 Å². The van der Waals surface area contributed by atoms with Gasteiger partial charge in [0.25, 0.3) is 0 Å². The van der Waals surface area contributed by atoms with E-state index in [0.717, 1.165) is 30.4 Å². The predicted octanol–water partition coefficient (Wildman–Crippen LogP) is 8.91. The van der Waals surface area contributed by atoms with Crippen molar-refractivity contribution in [2.45, 2.75) is 45.6 Å². The van der Waals surface area contributed by atoms with E-state index in [0.29, 0.717) is 0 Å². The summed E-state index contributed by atoms with van der Waals surface area (Å²) in [6, 6.07) is 35.7. The van der Waals surface area contributed by atoms with Crippen molar-refractivity contribution in [3.05, 3.63) is 121 Å². The van der Waals surface area contributed by atoms with Gasteiger partial charge in [-0.15, -0.1) is 0 Å². The molecule has 0 unspecified atom stereocenters.